The van der Waals surface area contributed by atoms with Crippen molar-refractivity contribution in [1.82, 2.24) is 10.3 Å². The zero-order chi connectivity index (χ0) is 9.97. The van der Waals surface area contributed by atoms with Crippen LogP contribution in [0.4, 0.5) is 10.2 Å². The lowest BCUT2D eigenvalue weighted by Gasteiger charge is -2.25. The molecule has 2 N–H and O–H groups in total. The van der Waals surface area contributed by atoms with Crippen LogP contribution in [0, 0.1) is 11.7 Å². The average Bonchev–Trinajstić information content (AvgIpc) is 2.06. The molecule has 1 fully saturated rings. The van der Waals surface area contributed by atoms with Gasteiger partial charge in [-0.1, -0.05) is 0 Å². The SMILES string of the molecule is O=C(Nc1ccc(F)cn1)C1CNC1. The highest BCUT2D eigenvalue weighted by molar-refractivity contribution is 5.92. The molecule has 0 atom stereocenters. The summed E-state index contributed by atoms with van der Waals surface area (Å²) in [6.07, 6.45) is 1.08. The normalized spacial score (nSPS) is 16.1. The molecule has 1 aromatic heterocycles. The molecule has 1 saturated heterocycles. The summed E-state index contributed by atoms with van der Waals surface area (Å²) in [7, 11) is 0. The van der Waals surface area contributed by atoms with Gasteiger partial charge in [0.25, 0.3) is 0 Å². The minimum absolute atomic E-state index is 0.0156. The zero-order valence-corrected chi connectivity index (χ0v) is 7.46. The molecule has 2 rings (SSSR count). The maximum Gasteiger partial charge on any atom is 0.231 e. The van der Waals surface area contributed by atoms with E-state index < -0.39 is 5.82 Å². The van der Waals surface area contributed by atoms with E-state index in [2.05, 4.69) is 15.6 Å². The van der Waals surface area contributed by atoms with E-state index in [0.717, 1.165) is 6.20 Å². The molecule has 0 aromatic carbocycles. The predicted molar refractivity (Wildman–Crippen MR) is 49.2 cm³/mol. The fourth-order valence-electron chi connectivity index (χ4n) is 1.15. The number of hydrogen-bond donors (Lipinski definition) is 2. The van der Waals surface area contributed by atoms with Crippen LogP contribution >= 0.6 is 0 Å². The fourth-order valence-corrected chi connectivity index (χ4v) is 1.15. The van der Waals surface area contributed by atoms with E-state index in [9.17, 15) is 9.18 Å². The molecule has 4 nitrogen and oxygen atoms in total. The first-order valence-corrected chi connectivity index (χ1v) is 4.39. The number of amides is 1. The lowest BCUT2D eigenvalue weighted by Crippen LogP contribution is -2.48. The average molecular weight is 195 g/mol. The van der Waals surface area contributed by atoms with Crippen molar-refractivity contribution in [2.24, 2.45) is 5.92 Å². The number of halogens is 1. The second-order valence-electron chi connectivity index (χ2n) is 3.21. The van der Waals surface area contributed by atoms with Gasteiger partial charge in [-0.3, -0.25) is 4.79 Å². The third-order valence-corrected chi connectivity index (χ3v) is 2.13. The highest BCUT2D eigenvalue weighted by Gasteiger charge is 2.24. The van der Waals surface area contributed by atoms with Crippen LogP contribution in [0.3, 0.4) is 0 Å². The van der Waals surface area contributed by atoms with Gasteiger partial charge in [0.2, 0.25) is 5.91 Å². The Bertz CT molecular complexity index is 334. The smallest absolute Gasteiger partial charge is 0.231 e. The van der Waals surface area contributed by atoms with Crippen LogP contribution in [-0.4, -0.2) is 24.0 Å². The van der Waals surface area contributed by atoms with Crippen molar-refractivity contribution in [3.8, 4) is 0 Å². The number of rotatable bonds is 2. The first-order valence-electron chi connectivity index (χ1n) is 4.39. The second-order valence-corrected chi connectivity index (χ2v) is 3.21. The quantitative estimate of drug-likeness (QED) is 0.717. The lowest BCUT2D eigenvalue weighted by atomic mass is 10.0. The fraction of sp³-hybridized carbons (Fsp3) is 0.333. The Kier molecular flexibility index (Phi) is 2.41. The van der Waals surface area contributed by atoms with Crippen LogP contribution in [0.1, 0.15) is 0 Å². The van der Waals surface area contributed by atoms with Crippen LogP contribution in [-0.2, 0) is 4.79 Å². The molecule has 0 unspecified atom stereocenters. The Labute approximate surface area is 80.5 Å². The van der Waals surface area contributed by atoms with Crippen LogP contribution in [0.5, 0.6) is 0 Å². The summed E-state index contributed by atoms with van der Waals surface area (Å²) in [4.78, 5) is 15.1. The van der Waals surface area contributed by atoms with Gasteiger partial charge in [0.05, 0.1) is 12.1 Å². The number of pyridine rings is 1. The lowest BCUT2D eigenvalue weighted by molar-refractivity contribution is -0.121. The molecule has 14 heavy (non-hydrogen) atoms. The van der Waals surface area contributed by atoms with Gasteiger partial charge in [-0.2, -0.15) is 0 Å². The molecule has 0 radical (unpaired) electrons. The Morgan fingerprint density at radius 2 is 2.36 bits per heavy atom. The molecule has 2 heterocycles. The van der Waals surface area contributed by atoms with Crippen molar-refractivity contribution in [1.29, 1.82) is 0 Å². The van der Waals surface area contributed by atoms with E-state index in [0.29, 0.717) is 18.9 Å². The van der Waals surface area contributed by atoms with E-state index in [4.69, 9.17) is 0 Å². The monoisotopic (exact) mass is 195 g/mol. The number of nitrogens with zero attached hydrogens (tertiary/aromatic N) is 1. The molecular formula is C9H10FN3O. The summed E-state index contributed by atoms with van der Waals surface area (Å²) < 4.78 is 12.5. The van der Waals surface area contributed by atoms with Crippen LogP contribution < -0.4 is 10.6 Å². The molecule has 0 spiro atoms. The van der Waals surface area contributed by atoms with Gasteiger partial charge in [0, 0.05) is 13.1 Å². The van der Waals surface area contributed by atoms with Gasteiger partial charge in [-0.05, 0) is 12.1 Å². The maximum absolute atomic E-state index is 12.5. The highest BCUT2D eigenvalue weighted by atomic mass is 19.1. The number of carbonyl (C=O) groups excluding carboxylic acids is 1. The van der Waals surface area contributed by atoms with Crippen molar-refractivity contribution in [3.63, 3.8) is 0 Å². The zero-order valence-electron chi connectivity index (χ0n) is 7.46. The summed E-state index contributed by atoms with van der Waals surface area (Å²) in [5.41, 5.74) is 0. The van der Waals surface area contributed by atoms with Crippen molar-refractivity contribution < 1.29 is 9.18 Å². The van der Waals surface area contributed by atoms with E-state index in [1.54, 1.807) is 0 Å². The summed E-state index contributed by atoms with van der Waals surface area (Å²) in [5.74, 6) is -0.0682. The second kappa shape index (κ2) is 3.71. The van der Waals surface area contributed by atoms with Crippen LogP contribution in [0.25, 0.3) is 0 Å². The Morgan fingerprint density at radius 1 is 1.57 bits per heavy atom. The van der Waals surface area contributed by atoms with E-state index in [1.165, 1.54) is 12.1 Å². The first-order chi connectivity index (χ1) is 6.75. The molecule has 5 heteroatoms. The van der Waals surface area contributed by atoms with Gasteiger partial charge >= 0.3 is 0 Å². The molecule has 1 aliphatic rings. The molecular weight excluding hydrogens is 185 g/mol. The number of anilines is 1. The molecule has 1 amide bonds. The van der Waals surface area contributed by atoms with Gasteiger partial charge in [-0.25, -0.2) is 9.37 Å². The van der Waals surface area contributed by atoms with E-state index >= 15 is 0 Å². The van der Waals surface area contributed by atoms with Crippen LogP contribution in [0.15, 0.2) is 18.3 Å². The summed E-state index contributed by atoms with van der Waals surface area (Å²) in [5, 5.41) is 5.61. The van der Waals surface area contributed by atoms with Crippen molar-refractivity contribution >= 4 is 11.7 Å². The van der Waals surface area contributed by atoms with Crippen LogP contribution in [0.2, 0.25) is 0 Å². The topological polar surface area (TPSA) is 54.0 Å². The minimum atomic E-state index is -0.409. The summed E-state index contributed by atoms with van der Waals surface area (Å²) >= 11 is 0. The van der Waals surface area contributed by atoms with Crippen molar-refractivity contribution in [3.05, 3.63) is 24.1 Å². The number of hydrogen-bond acceptors (Lipinski definition) is 3. The van der Waals surface area contributed by atoms with Gasteiger partial charge < -0.3 is 10.6 Å². The molecule has 0 aliphatic carbocycles. The molecule has 1 aromatic rings. The van der Waals surface area contributed by atoms with Crippen molar-refractivity contribution in [2.45, 2.75) is 0 Å². The maximum atomic E-state index is 12.5. The largest absolute Gasteiger partial charge is 0.315 e. The summed E-state index contributed by atoms with van der Waals surface area (Å²) in [6, 6.07) is 2.71. The number of nitrogens with one attached hydrogen (secondary N) is 2. The Balaban J connectivity index is 1.96. The third kappa shape index (κ3) is 1.88. The number of carbonyl (C=O) groups is 1. The third-order valence-electron chi connectivity index (χ3n) is 2.13. The van der Waals surface area contributed by atoms with Gasteiger partial charge in [-0.15, -0.1) is 0 Å². The van der Waals surface area contributed by atoms with Gasteiger partial charge in [0.15, 0.2) is 0 Å². The Hall–Kier alpha value is -1.49. The number of aromatic nitrogens is 1. The van der Waals surface area contributed by atoms with E-state index in [-0.39, 0.29) is 11.8 Å². The summed E-state index contributed by atoms with van der Waals surface area (Å²) in [6.45, 7) is 1.40. The van der Waals surface area contributed by atoms with E-state index in [1.807, 2.05) is 0 Å². The first kappa shape index (κ1) is 9.08. The minimum Gasteiger partial charge on any atom is -0.315 e. The molecule has 1 aliphatic heterocycles. The molecule has 0 bridgehead atoms. The Morgan fingerprint density at radius 3 is 2.86 bits per heavy atom. The molecule has 74 valence electrons. The van der Waals surface area contributed by atoms with Gasteiger partial charge in [0.1, 0.15) is 11.6 Å². The highest BCUT2D eigenvalue weighted by Crippen LogP contribution is 2.08. The van der Waals surface area contributed by atoms with Crippen molar-refractivity contribution in [2.75, 3.05) is 18.4 Å². The predicted octanol–water partition coefficient (Wildman–Crippen LogP) is 0.379. The standard InChI is InChI=1S/C9H10FN3O/c10-7-1-2-8(12-5-7)13-9(14)6-3-11-4-6/h1-2,5-6,11H,3-4H2,(H,12,13,14). The molecule has 0 saturated carbocycles.